The Morgan fingerprint density at radius 2 is 2.10 bits per heavy atom. The zero-order valence-electron chi connectivity index (χ0n) is 16.3. The molecule has 4 atom stereocenters. The lowest BCUT2D eigenvalue weighted by Gasteiger charge is -2.19. The highest BCUT2D eigenvalue weighted by Crippen LogP contribution is 2.39. The van der Waals surface area contributed by atoms with Crippen molar-refractivity contribution in [1.82, 2.24) is 0 Å². The Morgan fingerprint density at radius 1 is 1.31 bits per heavy atom. The fourth-order valence-electron chi connectivity index (χ4n) is 4.06. The Balaban J connectivity index is 1.53. The fourth-order valence-corrected chi connectivity index (χ4v) is 5.15. The number of carboxylic acid groups (broad SMARTS) is 1. The van der Waals surface area contributed by atoms with E-state index in [0.29, 0.717) is 32.1 Å². The summed E-state index contributed by atoms with van der Waals surface area (Å²) in [6, 6.07) is 9.94. The molecule has 1 aliphatic carbocycles. The average Bonchev–Trinajstić information content (AvgIpc) is 3.23. The van der Waals surface area contributed by atoms with Crippen LogP contribution in [-0.4, -0.2) is 28.1 Å². The Morgan fingerprint density at radius 3 is 2.86 bits per heavy atom. The third-order valence-corrected chi connectivity index (χ3v) is 6.87. The molecule has 2 aromatic rings. The second kappa shape index (κ2) is 10.1. The minimum Gasteiger partial charge on any atom is -0.481 e. The summed E-state index contributed by atoms with van der Waals surface area (Å²) in [7, 11) is 0. The number of carbonyl (C=O) groups is 2. The first-order valence-electron chi connectivity index (χ1n) is 10.2. The number of Topliss-reactive ketones (excluding diaryl/α,β-unsaturated/α-hetero) is 1. The SMILES string of the molecule is O=C(O)CCCC=CC[C@H]1[C@@H](F)CC(=O)[C@@H]1CC[C@@H](O)c1cc2ccccc2s1. The van der Waals surface area contributed by atoms with E-state index in [1.165, 1.54) is 0 Å². The molecule has 1 aromatic heterocycles. The van der Waals surface area contributed by atoms with E-state index in [4.69, 9.17) is 5.11 Å². The zero-order valence-corrected chi connectivity index (χ0v) is 17.1. The molecule has 0 spiro atoms. The van der Waals surface area contributed by atoms with Crippen LogP contribution >= 0.6 is 11.3 Å². The van der Waals surface area contributed by atoms with E-state index in [1.54, 1.807) is 11.3 Å². The third-order valence-electron chi connectivity index (χ3n) is 5.65. The summed E-state index contributed by atoms with van der Waals surface area (Å²) in [5, 5.41) is 20.3. The summed E-state index contributed by atoms with van der Waals surface area (Å²) in [5.74, 6) is -1.59. The maximum Gasteiger partial charge on any atom is 0.303 e. The molecule has 29 heavy (non-hydrogen) atoms. The van der Waals surface area contributed by atoms with Crippen LogP contribution in [0.25, 0.3) is 10.1 Å². The second-order valence-electron chi connectivity index (χ2n) is 7.73. The van der Waals surface area contributed by atoms with Crippen LogP contribution in [0.5, 0.6) is 0 Å². The molecule has 0 radical (unpaired) electrons. The van der Waals surface area contributed by atoms with Gasteiger partial charge in [0.1, 0.15) is 12.0 Å². The standard InChI is InChI=1S/C23H27FO4S/c24-18-14-20(26)17(16(18)8-3-1-2-4-10-23(27)28)11-12-19(25)22-13-15-7-5-6-9-21(15)29-22/h1,3,5-7,9,13,16-19,25H,2,4,8,10-12,14H2,(H,27,28)/t16-,17-,18+,19-/m1/s1. The second-order valence-corrected chi connectivity index (χ2v) is 8.84. The molecule has 0 saturated heterocycles. The molecule has 0 unspecified atom stereocenters. The number of benzene rings is 1. The predicted octanol–water partition coefficient (Wildman–Crippen LogP) is 5.46. The van der Waals surface area contributed by atoms with Gasteiger partial charge in [-0.05, 0) is 49.6 Å². The maximum atomic E-state index is 14.4. The molecule has 0 aliphatic heterocycles. The van der Waals surface area contributed by atoms with Crippen LogP contribution in [-0.2, 0) is 9.59 Å². The quantitative estimate of drug-likeness (QED) is 0.397. The van der Waals surface area contributed by atoms with E-state index in [1.807, 2.05) is 42.5 Å². The summed E-state index contributed by atoms with van der Waals surface area (Å²) in [5.41, 5.74) is 0. The minimum absolute atomic E-state index is 0.0405. The molecular weight excluding hydrogens is 391 g/mol. The third kappa shape index (κ3) is 5.73. The van der Waals surface area contributed by atoms with E-state index < -0.39 is 18.2 Å². The molecule has 0 amide bonds. The van der Waals surface area contributed by atoms with Gasteiger partial charge < -0.3 is 10.2 Å². The van der Waals surface area contributed by atoms with Gasteiger partial charge in [0.05, 0.1) is 6.10 Å². The topological polar surface area (TPSA) is 74.6 Å². The molecule has 156 valence electrons. The predicted molar refractivity (Wildman–Crippen MR) is 113 cm³/mol. The summed E-state index contributed by atoms with van der Waals surface area (Å²) in [6.07, 6.45) is 4.62. The fraction of sp³-hybridized carbons (Fsp3) is 0.478. The number of carboxylic acids is 1. The highest BCUT2D eigenvalue weighted by atomic mass is 32.1. The van der Waals surface area contributed by atoms with Gasteiger partial charge in [0.25, 0.3) is 0 Å². The van der Waals surface area contributed by atoms with Crippen LogP contribution in [0, 0.1) is 11.8 Å². The number of rotatable bonds is 10. The van der Waals surface area contributed by atoms with Crippen LogP contribution in [0.2, 0.25) is 0 Å². The zero-order chi connectivity index (χ0) is 20.8. The summed E-state index contributed by atoms with van der Waals surface area (Å²) >= 11 is 1.55. The van der Waals surface area contributed by atoms with E-state index in [0.717, 1.165) is 15.0 Å². The lowest BCUT2D eigenvalue weighted by molar-refractivity contribution is -0.137. The molecule has 1 fully saturated rings. The van der Waals surface area contributed by atoms with Gasteiger partial charge in [0, 0.05) is 34.3 Å². The number of unbranched alkanes of at least 4 members (excludes halogenated alkanes) is 1. The number of aliphatic hydroxyl groups excluding tert-OH is 1. The van der Waals surface area contributed by atoms with E-state index in [9.17, 15) is 19.1 Å². The number of halogens is 1. The Bertz CT molecular complexity index is 842. The van der Waals surface area contributed by atoms with Crippen molar-refractivity contribution in [2.45, 2.75) is 57.2 Å². The molecule has 6 heteroatoms. The largest absolute Gasteiger partial charge is 0.481 e. The summed E-state index contributed by atoms with van der Waals surface area (Å²) < 4.78 is 15.5. The minimum atomic E-state index is -1.14. The maximum absolute atomic E-state index is 14.4. The van der Waals surface area contributed by atoms with Gasteiger partial charge in [0.15, 0.2) is 0 Å². The van der Waals surface area contributed by atoms with Gasteiger partial charge in [-0.1, -0.05) is 30.4 Å². The first-order valence-corrected chi connectivity index (χ1v) is 11.0. The first kappa shape index (κ1) is 21.7. The lowest BCUT2D eigenvalue weighted by Crippen LogP contribution is -2.18. The van der Waals surface area contributed by atoms with Gasteiger partial charge in [0.2, 0.25) is 0 Å². The summed E-state index contributed by atoms with van der Waals surface area (Å²) in [4.78, 5) is 23.7. The average molecular weight is 419 g/mol. The number of aliphatic hydroxyl groups is 1. The first-order chi connectivity index (χ1) is 14.0. The molecule has 1 saturated carbocycles. The van der Waals surface area contributed by atoms with Gasteiger partial charge >= 0.3 is 5.97 Å². The molecule has 4 nitrogen and oxygen atoms in total. The number of allylic oxidation sites excluding steroid dienone is 2. The number of carbonyl (C=O) groups excluding carboxylic acids is 1. The van der Waals surface area contributed by atoms with Crippen LogP contribution < -0.4 is 0 Å². The molecular formula is C23H27FO4S. The van der Waals surface area contributed by atoms with Crippen molar-refractivity contribution in [1.29, 1.82) is 0 Å². The van der Waals surface area contributed by atoms with Gasteiger partial charge in [-0.15, -0.1) is 11.3 Å². The van der Waals surface area contributed by atoms with Crippen LogP contribution in [0.4, 0.5) is 4.39 Å². The number of aliphatic carboxylic acids is 1. The number of thiophene rings is 1. The van der Waals surface area contributed by atoms with Crippen molar-refractivity contribution in [3.63, 3.8) is 0 Å². The molecule has 1 heterocycles. The smallest absolute Gasteiger partial charge is 0.303 e. The lowest BCUT2D eigenvalue weighted by atomic mass is 9.87. The van der Waals surface area contributed by atoms with Crippen molar-refractivity contribution in [2.24, 2.45) is 11.8 Å². The number of hydrogen-bond acceptors (Lipinski definition) is 4. The molecule has 0 bridgehead atoms. The molecule has 2 N–H and O–H groups in total. The van der Waals surface area contributed by atoms with Gasteiger partial charge in [-0.25, -0.2) is 4.39 Å². The number of alkyl halides is 1. The normalized spacial score (nSPS) is 23.2. The van der Waals surface area contributed by atoms with E-state index in [-0.39, 0.29) is 30.5 Å². The Kier molecular flexibility index (Phi) is 7.56. The Hall–Kier alpha value is -2.05. The monoisotopic (exact) mass is 418 g/mol. The van der Waals surface area contributed by atoms with E-state index in [2.05, 4.69) is 0 Å². The van der Waals surface area contributed by atoms with Crippen LogP contribution in [0.15, 0.2) is 42.5 Å². The van der Waals surface area contributed by atoms with E-state index >= 15 is 0 Å². The van der Waals surface area contributed by atoms with Crippen molar-refractivity contribution < 1.29 is 24.2 Å². The Labute approximate surface area is 174 Å². The summed E-state index contributed by atoms with van der Waals surface area (Å²) in [6.45, 7) is 0. The van der Waals surface area contributed by atoms with Gasteiger partial charge in [-0.3, -0.25) is 9.59 Å². The highest BCUT2D eigenvalue weighted by molar-refractivity contribution is 7.19. The van der Waals surface area contributed by atoms with Crippen molar-refractivity contribution in [3.05, 3.63) is 47.4 Å². The highest BCUT2D eigenvalue weighted by Gasteiger charge is 2.41. The van der Waals surface area contributed by atoms with Crippen LogP contribution in [0.1, 0.15) is 55.9 Å². The van der Waals surface area contributed by atoms with Crippen molar-refractivity contribution in [2.75, 3.05) is 0 Å². The number of ketones is 1. The number of fused-ring (bicyclic) bond motifs is 1. The van der Waals surface area contributed by atoms with Gasteiger partial charge in [-0.2, -0.15) is 0 Å². The van der Waals surface area contributed by atoms with Crippen LogP contribution in [0.3, 0.4) is 0 Å². The van der Waals surface area contributed by atoms with Crippen molar-refractivity contribution >= 4 is 33.2 Å². The molecule has 1 aliphatic rings. The number of hydrogen-bond donors (Lipinski definition) is 2. The van der Waals surface area contributed by atoms with Crippen molar-refractivity contribution in [3.8, 4) is 0 Å². The molecule has 1 aromatic carbocycles. The molecule has 3 rings (SSSR count).